The summed E-state index contributed by atoms with van der Waals surface area (Å²) in [5.74, 6) is 0.0161. The largest absolute Gasteiger partial charge is 0.341 e. The first kappa shape index (κ1) is 18.7. The van der Waals surface area contributed by atoms with Crippen LogP contribution in [0.1, 0.15) is 20.3 Å². The number of nitrogens with one attached hydrogen (secondary N) is 1. The van der Waals surface area contributed by atoms with Gasteiger partial charge in [-0.3, -0.25) is 14.4 Å². The third-order valence-electron chi connectivity index (χ3n) is 4.89. The van der Waals surface area contributed by atoms with E-state index in [0.29, 0.717) is 23.9 Å². The Labute approximate surface area is 156 Å². The van der Waals surface area contributed by atoms with Gasteiger partial charge in [0.05, 0.1) is 12.4 Å². The van der Waals surface area contributed by atoms with E-state index in [9.17, 15) is 18.8 Å². The Morgan fingerprint density at radius 2 is 2.04 bits per heavy atom. The average Bonchev–Trinajstić information content (AvgIpc) is 3.14. The lowest BCUT2D eigenvalue weighted by molar-refractivity contribution is -0.141. The zero-order valence-electron chi connectivity index (χ0n) is 14.8. The van der Waals surface area contributed by atoms with E-state index in [-0.39, 0.29) is 29.5 Å². The summed E-state index contributed by atoms with van der Waals surface area (Å²) in [6.45, 7) is 4.14. The summed E-state index contributed by atoms with van der Waals surface area (Å²) >= 11 is 1.54. The van der Waals surface area contributed by atoms with Crippen LogP contribution < -0.4 is 10.2 Å². The minimum Gasteiger partial charge on any atom is -0.341 e. The van der Waals surface area contributed by atoms with E-state index in [1.54, 1.807) is 16.7 Å². The molecule has 3 amide bonds. The fraction of sp³-hybridized carbons (Fsp3) is 0.500. The highest BCUT2D eigenvalue weighted by atomic mass is 32.2. The Morgan fingerprint density at radius 3 is 2.65 bits per heavy atom. The van der Waals surface area contributed by atoms with Gasteiger partial charge in [-0.2, -0.15) is 0 Å². The lowest BCUT2D eigenvalue weighted by atomic mass is 10.0. The summed E-state index contributed by atoms with van der Waals surface area (Å²) in [5, 5.41) is 2.75. The number of benzene rings is 1. The van der Waals surface area contributed by atoms with Crippen molar-refractivity contribution in [3.63, 3.8) is 0 Å². The van der Waals surface area contributed by atoms with Crippen LogP contribution in [0, 0.1) is 11.7 Å². The second-order valence-electron chi connectivity index (χ2n) is 6.62. The Bertz CT molecular complexity index is 712. The van der Waals surface area contributed by atoms with Crippen LogP contribution >= 0.6 is 11.8 Å². The number of anilines is 1. The highest BCUT2D eigenvalue weighted by Crippen LogP contribution is 2.26. The molecule has 0 aliphatic carbocycles. The summed E-state index contributed by atoms with van der Waals surface area (Å²) in [4.78, 5) is 40.4. The van der Waals surface area contributed by atoms with Crippen LogP contribution in [0.15, 0.2) is 24.3 Å². The first-order chi connectivity index (χ1) is 12.4. The zero-order chi connectivity index (χ0) is 18.8. The maximum atomic E-state index is 13.0. The number of rotatable bonds is 5. The van der Waals surface area contributed by atoms with E-state index in [4.69, 9.17) is 0 Å². The predicted molar refractivity (Wildman–Crippen MR) is 98.1 cm³/mol. The maximum Gasteiger partial charge on any atom is 0.251 e. The molecule has 3 unspecified atom stereocenters. The van der Waals surface area contributed by atoms with Crippen molar-refractivity contribution in [3.8, 4) is 0 Å². The van der Waals surface area contributed by atoms with Crippen molar-refractivity contribution in [3.05, 3.63) is 30.1 Å². The van der Waals surface area contributed by atoms with Gasteiger partial charge in [0.2, 0.25) is 11.8 Å². The highest BCUT2D eigenvalue weighted by Gasteiger charge is 2.42. The highest BCUT2D eigenvalue weighted by molar-refractivity contribution is 7.99. The Hall–Kier alpha value is -2.09. The number of hydrogen-bond acceptors (Lipinski definition) is 4. The molecule has 2 fully saturated rings. The molecule has 0 saturated carbocycles. The Morgan fingerprint density at radius 1 is 1.35 bits per heavy atom. The van der Waals surface area contributed by atoms with Gasteiger partial charge in [-0.15, -0.1) is 11.8 Å². The number of β-lactam (4-membered cyclic amide) rings is 1. The molecular weight excluding hydrogens is 357 g/mol. The van der Waals surface area contributed by atoms with Gasteiger partial charge in [0, 0.05) is 17.4 Å². The van der Waals surface area contributed by atoms with Crippen molar-refractivity contribution in [2.75, 3.05) is 23.1 Å². The normalized spacial score (nSPS) is 23.6. The Balaban J connectivity index is 1.58. The van der Waals surface area contributed by atoms with Crippen LogP contribution in [0.5, 0.6) is 0 Å². The van der Waals surface area contributed by atoms with Crippen LogP contribution in [0.4, 0.5) is 10.1 Å². The van der Waals surface area contributed by atoms with Crippen LogP contribution in [0.3, 0.4) is 0 Å². The standard InChI is InChI=1S/C18H22FN3O3S/c1-3-11(2)17(24)22-10-26-9-15(22)16(23)20-14-8-21(18(14)25)13-6-4-12(19)5-7-13/h4-7,11,14-15H,3,8-10H2,1-2H3,(H,20,23). The zero-order valence-corrected chi connectivity index (χ0v) is 15.6. The summed E-state index contributed by atoms with van der Waals surface area (Å²) in [6.07, 6.45) is 0.724. The molecule has 140 valence electrons. The summed E-state index contributed by atoms with van der Waals surface area (Å²) in [7, 11) is 0. The van der Waals surface area contributed by atoms with E-state index in [0.717, 1.165) is 6.42 Å². The van der Waals surface area contributed by atoms with Crippen molar-refractivity contribution in [1.82, 2.24) is 10.2 Å². The van der Waals surface area contributed by atoms with Gasteiger partial charge in [0.15, 0.2) is 0 Å². The number of carbonyl (C=O) groups is 3. The van der Waals surface area contributed by atoms with Gasteiger partial charge in [-0.05, 0) is 30.7 Å². The van der Waals surface area contributed by atoms with Gasteiger partial charge in [-0.25, -0.2) is 4.39 Å². The third-order valence-corrected chi connectivity index (χ3v) is 5.90. The van der Waals surface area contributed by atoms with Crippen molar-refractivity contribution in [2.45, 2.75) is 32.4 Å². The summed E-state index contributed by atoms with van der Waals surface area (Å²) < 4.78 is 13.0. The van der Waals surface area contributed by atoms with Crippen LogP contribution in [0.25, 0.3) is 0 Å². The van der Waals surface area contributed by atoms with E-state index >= 15 is 0 Å². The number of halogens is 1. The molecule has 8 heteroatoms. The first-order valence-corrected chi connectivity index (χ1v) is 9.83. The quantitative estimate of drug-likeness (QED) is 0.789. The molecule has 6 nitrogen and oxygen atoms in total. The van der Waals surface area contributed by atoms with E-state index < -0.39 is 12.1 Å². The average molecular weight is 379 g/mol. The molecule has 0 aromatic heterocycles. The fourth-order valence-corrected chi connectivity index (χ4v) is 4.15. The molecule has 1 aromatic rings. The first-order valence-electron chi connectivity index (χ1n) is 8.68. The van der Waals surface area contributed by atoms with Crippen LogP contribution in [-0.2, 0) is 14.4 Å². The molecule has 3 rings (SSSR count). The van der Waals surface area contributed by atoms with Gasteiger partial charge in [-0.1, -0.05) is 13.8 Å². The third kappa shape index (κ3) is 3.56. The van der Waals surface area contributed by atoms with E-state index in [1.165, 1.54) is 29.2 Å². The SMILES string of the molecule is CCC(C)C(=O)N1CSCC1C(=O)NC1CN(c2ccc(F)cc2)C1=O. The number of nitrogens with zero attached hydrogens (tertiary/aromatic N) is 2. The number of amides is 3. The second kappa shape index (κ2) is 7.65. The minimum absolute atomic E-state index is 0.0227. The van der Waals surface area contributed by atoms with Crippen LogP contribution in [0.2, 0.25) is 0 Å². The van der Waals surface area contributed by atoms with Gasteiger partial charge in [0.1, 0.15) is 17.9 Å². The lowest BCUT2D eigenvalue weighted by Crippen LogP contribution is -2.66. The second-order valence-corrected chi connectivity index (χ2v) is 7.62. The topological polar surface area (TPSA) is 69.7 Å². The van der Waals surface area contributed by atoms with Gasteiger partial charge < -0.3 is 15.1 Å². The predicted octanol–water partition coefficient (Wildman–Crippen LogP) is 1.60. The molecule has 0 bridgehead atoms. The molecule has 1 N–H and O–H groups in total. The molecule has 26 heavy (non-hydrogen) atoms. The molecule has 0 spiro atoms. The van der Waals surface area contributed by atoms with Crippen molar-refractivity contribution < 1.29 is 18.8 Å². The number of hydrogen-bond donors (Lipinski definition) is 1. The molecule has 2 heterocycles. The van der Waals surface area contributed by atoms with Crippen molar-refractivity contribution >= 4 is 35.2 Å². The van der Waals surface area contributed by atoms with E-state index in [2.05, 4.69) is 5.32 Å². The molecule has 3 atom stereocenters. The summed E-state index contributed by atoms with van der Waals surface area (Å²) in [5.41, 5.74) is 0.604. The maximum absolute atomic E-state index is 13.0. The number of thioether (sulfide) groups is 1. The molecule has 1 aromatic carbocycles. The molecule has 2 aliphatic rings. The Kier molecular flexibility index (Phi) is 5.50. The molecular formula is C18H22FN3O3S. The van der Waals surface area contributed by atoms with Crippen molar-refractivity contribution in [1.29, 1.82) is 0 Å². The summed E-state index contributed by atoms with van der Waals surface area (Å²) in [6, 6.07) is 4.52. The fourth-order valence-electron chi connectivity index (χ4n) is 2.99. The number of carbonyl (C=O) groups excluding carboxylic acids is 3. The van der Waals surface area contributed by atoms with E-state index in [1.807, 2.05) is 13.8 Å². The lowest BCUT2D eigenvalue weighted by Gasteiger charge is -2.39. The molecule has 2 saturated heterocycles. The molecule has 0 radical (unpaired) electrons. The van der Waals surface area contributed by atoms with Gasteiger partial charge >= 0.3 is 0 Å². The molecule has 2 aliphatic heterocycles. The minimum atomic E-state index is -0.598. The monoisotopic (exact) mass is 379 g/mol. The smallest absolute Gasteiger partial charge is 0.251 e. The van der Waals surface area contributed by atoms with Gasteiger partial charge in [0.25, 0.3) is 5.91 Å². The van der Waals surface area contributed by atoms with Crippen LogP contribution in [-0.4, -0.2) is 52.9 Å². The van der Waals surface area contributed by atoms with Crippen molar-refractivity contribution in [2.24, 2.45) is 5.92 Å².